The van der Waals surface area contributed by atoms with Crippen LogP contribution in [0.1, 0.15) is 35.8 Å². The molecule has 0 aliphatic carbocycles. The molecule has 0 amide bonds. The maximum atomic E-state index is 11.0. The number of ether oxygens (including phenoxy) is 1. The Kier molecular flexibility index (Phi) is 3.98. The highest BCUT2D eigenvalue weighted by atomic mass is 16.5. The Balaban J connectivity index is 2.57. The number of nitrogens with zero attached hydrogens (tertiary/aromatic N) is 2. The Hall–Kier alpha value is -2.43. The number of aromatic nitrogens is 2. The van der Waals surface area contributed by atoms with E-state index < -0.39 is 5.97 Å². The molecule has 1 aromatic carbocycles. The first-order chi connectivity index (χ1) is 9.52. The van der Waals surface area contributed by atoms with Gasteiger partial charge in [0.2, 0.25) is 0 Å². The second-order valence-corrected chi connectivity index (χ2v) is 4.71. The highest BCUT2D eigenvalue weighted by Crippen LogP contribution is 2.31. The van der Waals surface area contributed by atoms with Gasteiger partial charge in [0.25, 0.3) is 0 Å². The summed E-state index contributed by atoms with van der Waals surface area (Å²) >= 11 is 0. The summed E-state index contributed by atoms with van der Waals surface area (Å²) in [6.07, 6.45) is 1.25. The molecule has 104 valence electrons. The second-order valence-electron chi connectivity index (χ2n) is 4.71. The Labute approximate surface area is 117 Å². The monoisotopic (exact) mass is 272 g/mol. The third-order valence-electron chi connectivity index (χ3n) is 3.05. The van der Waals surface area contributed by atoms with Crippen LogP contribution in [0.2, 0.25) is 0 Å². The quantitative estimate of drug-likeness (QED) is 0.926. The molecular weight excluding hydrogens is 256 g/mol. The normalized spacial score (nSPS) is 10.6. The van der Waals surface area contributed by atoms with E-state index in [0.29, 0.717) is 17.4 Å². The van der Waals surface area contributed by atoms with Crippen LogP contribution in [0.5, 0.6) is 5.75 Å². The number of methoxy groups -OCH3 is 1. The molecule has 1 heterocycles. The van der Waals surface area contributed by atoms with Crippen LogP contribution in [0.4, 0.5) is 0 Å². The molecule has 0 unspecified atom stereocenters. The first kappa shape index (κ1) is 14.0. The molecule has 5 nitrogen and oxygen atoms in total. The summed E-state index contributed by atoms with van der Waals surface area (Å²) in [5.41, 5.74) is 2.41. The third kappa shape index (κ3) is 2.77. The van der Waals surface area contributed by atoms with E-state index >= 15 is 0 Å². The maximum absolute atomic E-state index is 11.0. The van der Waals surface area contributed by atoms with E-state index in [0.717, 1.165) is 11.1 Å². The number of carboxylic acids is 1. The lowest BCUT2D eigenvalue weighted by Gasteiger charge is -2.12. The fraction of sp³-hybridized carbons (Fsp3) is 0.267. The molecule has 0 saturated carbocycles. The zero-order valence-corrected chi connectivity index (χ0v) is 11.6. The van der Waals surface area contributed by atoms with E-state index in [9.17, 15) is 4.79 Å². The van der Waals surface area contributed by atoms with Gasteiger partial charge in [-0.3, -0.25) is 0 Å². The van der Waals surface area contributed by atoms with Crippen molar-refractivity contribution in [1.29, 1.82) is 0 Å². The average Bonchev–Trinajstić information content (AvgIpc) is 2.46. The van der Waals surface area contributed by atoms with Crippen LogP contribution in [0.3, 0.4) is 0 Å². The predicted octanol–water partition coefficient (Wildman–Crippen LogP) is 2.97. The molecule has 2 aromatic rings. The molecule has 0 fully saturated rings. The largest absolute Gasteiger partial charge is 0.496 e. The van der Waals surface area contributed by atoms with Crippen LogP contribution in [0.15, 0.2) is 30.6 Å². The van der Waals surface area contributed by atoms with Gasteiger partial charge >= 0.3 is 5.97 Å². The van der Waals surface area contributed by atoms with E-state index in [1.54, 1.807) is 7.11 Å². The Bertz CT molecular complexity index is 639. The molecule has 0 aliphatic rings. The molecular formula is C15H16N2O3. The van der Waals surface area contributed by atoms with Crippen LogP contribution in [-0.2, 0) is 0 Å². The number of rotatable bonds is 4. The minimum Gasteiger partial charge on any atom is -0.496 e. The Morgan fingerprint density at radius 3 is 2.60 bits per heavy atom. The molecule has 20 heavy (non-hydrogen) atoms. The molecule has 0 atom stereocenters. The van der Waals surface area contributed by atoms with Gasteiger partial charge in [0.15, 0.2) is 5.69 Å². The fourth-order valence-corrected chi connectivity index (χ4v) is 1.91. The van der Waals surface area contributed by atoms with Crippen molar-refractivity contribution in [3.63, 3.8) is 0 Å². The van der Waals surface area contributed by atoms with Gasteiger partial charge < -0.3 is 9.84 Å². The van der Waals surface area contributed by atoms with Crippen LogP contribution < -0.4 is 4.74 Å². The summed E-state index contributed by atoms with van der Waals surface area (Å²) in [7, 11) is 1.58. The van der Waals surface area contributed by atoms with Crippen molar-refractivity contribution in [2.75, 3.05) is 7.11 Å². The number of benzene rings is 1. The molecule has 0 radical (unpaired) electrons. The standard InChI is InChI=1S/C15H16N2O3/c1-9(2)10-4-5-14(20-3)11(6-10)12-7-13(15(18)19)17-8-16-12/h4-9H,1-3H3,(H,18,19). The first-order valence-corrected chi connectivity index (χ1v) is 6.26. The van der Waals surface area contributed by atoms with Gasteiger partial charge in [0, 0.05) is 5.56 Å². The van der Waals surface area contributed by atoms with Gasteiger partial charge in [-0.2, -0.15) is 0 Å². The number of hydrogen-bond acceptors (Lipinski definition) is 4. The Morgan fingerprint density at radius 2 is 2.00 bits per heavy atom. The van der Waals surface area contributed by atoms with Crippen molar-refractivity contribution in [2.45, 2.75) is 19.8 Å². The number of carbonyl (C=O) groups is 1. The lowest BCUT2D eigenvalue weighted by Crippen LogP contribution is -2.02. The summed E-state index contributed by atoms with van der Waals surface area (Å²) in [6, 6.07) is 7.28. The van der Waals surface area contributed by atoms with E-state index in [1.165, 1.54) is 12.4 Å². The van der Waals surface area contributed by atoms with E-state index in [1.807, 2.05) is 18.2 Å². The smallest absolute Gasteiger partial charge is 0.354 e. The van der Waals surface area contributed by atoms with Gasteiger partial charge in [-0.15, -0.1) is 0 Å². The van der Waals surface area contributed by atoms with Gasteiger partial charge in [-0.25, -0.2) is 14.8 Å². The lowest BCUT2D eigenvalue weighted by atomic mass is 9.98. The minimum atomic E-state index is -1.08. The van der Waals surface area contributed by atoms with Gasteiger partial charge in [0.05, 0.1) is 12.8 Å². The molecule has 5 heteroatoms. The number of carboxylic acid groups (broad SMARTS) is 1. The minimum absolute atomic E-state index is 0.0352. The van der Waals surface area contributed by atoms with Crippen molar-refractivity contribution in [2.24, 2.45) is 0 Å². The summed E-state index contributed by atoms with van der Waals surface area (Å²) in [5, 5.41) is 9.00. The van der Waals surface area contributed by atoms with Crippen molar-refractivity contribution in [1.82, 2.24) is 9.97 Å². The maximum Gasteiger partial charge on any atom is 0.354 e. The van der Waals surface area contributed by atoms with Gasteiger partial charge in [-0.1, -0.05) is 19.9 Å². The number of aromatic carboxylic acids is 1. The Morgan fingerprint density at radius 1 is 1.25 bits per heavy atom. The zero-order valence-electron chi connectivity index (χ0n) is 11.6. The van der Waals surface area contributed by atoms with Crippen molar-refractivity contribution in [3.8, 4) is 17.0 Å². The van der Waals surface area contributed by atoms with E-state index in [2.05, 4.69) is 23.8 Å². The molecule has 0 spiro atoms. The highest BCUT2D eigenvalue weighted by molar-refractivity contribution is 5.87. The predicted molar refractivity (Wildman–Crippen MR) is 75.1 cm³/mol. The summed E-state index contributed by atoms with van der Waals surface area (Å²) < 4.78 is 5.33. The van der Waals surface area contributed by atoms with Crippen LogP contribution in [-0.4, -0.2) is 28.2 Å². The SMILES string of the molecule is COc1ccc(C(C)C)cc1-c1cc(C(=O)O)ncn1. The van der Waals surface area contributed by atoms with Gasteiger partial charge in [0.1, 0.15) is 12.1 Å². The van der Waals surface area contributed by atoms with Gasteiger partial charge in [-0.05, 0) is 29.7 Å². The molecule has 1 aromatic heterocycles. The second kappa shape index (κ2) is 5.69. The molecule has 0 aliphatic heterocycles. The van der Waals surface area contributed by atoms with Crippen LogP contribution in [0.25, 0.3) is 11.3 Å². The highest BCUT2D eigenvalue weighted by Gasteiger charge is 2.13. The average molecular weight is 272 g/mol. The molecule has 2 rings (SSSR count). The topological polar surface area (TPSA) is 72.3 Å². The first-order valence-electron chi connectivity index (χ1n) is 6.26. The molecule has 0 saturated heterocycles. The van der Waals surface area contributed by atoms with Crippen molar-refractivity contribution in [3.05, 3.63) is 41.9 Å². The lowest BCUT2D eigenvalue weighted by molar-refractivity contribution is 0.0690. The van der Waals surface area contributed by atoms with Crippen LogP contribution >= 0.6 is 0 Å². The molecule has 1 N–H and O–H groups in total. The molecule has 0 bridgehead atoms. The van der Waals surface area contributed by atoms with Crippen LogP contribution in [0, 0.1) is 0 Å². The van der Waals surface area contributed by atoms with E-state index in [-0.39, 0.29) is 5.69 Å². The van der Waals surface area contributed by atoms with E-state index in [4.69, 9.17) is 9.84 Å². The fourth-order valence-electron chi connectivity index (χ4n) is 1.91. The number of hydrogen-bond donors (Lipinski definition) is 1. The summed E-state index contributed by atoms with van der Waals surface area (Å²) in [5.74, 6) is -0.0579. The zero-order chi connectivity index (χ0) is 14.7. The van der Waals surface area contributed by atoms with Crippen molar-refractivity contribution >= 4 is 5.97 Å². The van der Waals surface area contributed by atoms with Crippen molar-refractivity contribution < 1.29 is 14.6 Å². The summed E-state index contributed by atoms with van der Waals surface area (Å²) in [6.45, 7) is 4.18. The third-order valence-corrected chi connectivity index (χ3v) is 3.05. The summed E-state index contributed by atoms with van der Waals surface area (Å²) in [4.78, 5) is 18.9.